The van der Waals surface area contributed by atoms with Crippen molar-refractivity contribution in [3.05, 3.63) is 35.9 Å². The summed E-state index contributed by atoms with van der Waals surface area (Å²) in [7, 11) is 1.74. The zero-order valence-corrected chi connectivity index (χ0v) is 12.3. The summed E-state index contributed by atoms with van der Waals surface area (Å²) in [5, 5.41) is 2.90. The minimum Gasteiger partial charge on any atom is -0.318 e. The molecule has 2 nitrogen and oxygen atoms in total. The Morgan fingerprint density at radius 3 is 2.15 bits per heavy atom. The number of halogens is 3. The monoisotopic (exact) mass is 288 g/mol. The second-order valence-electron chi connectivity index (χ2n) is 5.68. The van der Waals surface area contributed by atoms with Crippen LogP contribution in [-0.2, 0) is 5.41 Å². The third-order valence-corrected chi connectivity index (χ3v) is 3.26. The highest BCUT2D eigenvalue weighted by Crippen LogP contribution is 2.26. The predicted octanol–water partition coefficient (Wildman–Crippen LogP) is 3.05. The molecular weight excluding hydrogens is 265 g/mol. The van der Waals surface area contributed by atoms with Crippen molar-refractivity contribution in [2.75, 3.05) is 33.2 Å². The molecule has 0 saturated heterocycles. The van der Waals surface area contributed by atoms with Crippen molar-refractivity contribution < 1.29 is 13.2 Å². The molecule has 0 amide bonds. The van der Waals surface area contributed by atoms with E-state index >= 15 is 0 Å². The molecular formula is C15H23F3N2. The van der Waals surface area contributed by atoms with Crippen LogP contribution in [0, 0.1) is 0 Å². The van der Waals surface area contributed by atoms with Crippen LogP contribution in [0.4, 0.5) is 13.2 Å². The largest absolute Gasteiger partial charge is 0.401 e. The zero-order valence-electron chi connectivity index (χ0n) is 12.3. The van der Waals surface area contributed by atoms with E-state index in [2.05, 4.69) is 5.32 Å². The Labute approximate surface area is 119 Å². The van der Waals surface area contributed by atoms with Gasteiger partial charge in [-0.3, -0.25) is 4.90 Å². The quantitative estimate of drug-likeness (QED) is 0.829. The summed E-state index contributed by atoms with van der Waals surface area (Å²) in [5.74, 6) is 0. The van der Waals surface area contributed by atoms with Crippen molar-refractivity contribution in [1.82, 2.24) is 10.2 Å². The Morgan fingerprint density at radius 1 is 1.05 bits per heavy atom. The average Bonchev–Trinajstić information content (AvgIpc) is 2.35. The van der Waals surface area contributed by atoms with Crippen LogP contribution in [0.25, 0.3) is 0 Å². The minimum absolute atomic E-state index is 0.319. The Hall–Kier alpha value is -1.07. The lowest BCUT2D eigenvalue weighted by atomic mass is 9.84. The van der Waals surface area contributed by atoms with Gasteiger partial charge in [0.2, 0.25) is 0 Å². The number of likely N-dealkylation sites (N-methyl/N-ethyl adjacent to an activating group) is 1. The molecule has 0 aliphatic rings. The van der Waals surface area contributed by atoms with Crippen molar-refractivity contribution >= 4 is 0 Å². The van der Waals surface area contributed by atoms with Gasteiger partial charge in [0, 0.05) is 25.0 Å². The van der Waals surface area contributed by atoms with Gasteiger partial charge in [0.25, 0.3) is 0 Å². The molecule has 0 aliphatic heterocycles. The van der Waals surface area contributed by atoms with Gasteiger partial charge in [-0.25, -0.2) is 0 Å². The molecule has 0 saturated carbocycles. The molecule has 0 aromatic heterocycles. The average molecular weight is 288 g/mol. The first-order chi connectivity index (χ1) is 9.24. The van der Waals surface area contributed by atoms with Crippen LogP contribution in [0.2, 0.25) is 0 Å². The Morgan fingerprint density at radius 2 is 1.65 bits per heavy atom. The Bertz CT molecular complexity index is 388. The topological polar surface area (TPSA) is 15.3 Å². The van der Waals surface area contributed by atoms with Crippen LogP contribution in [0.15, 0.2) is 30.3 Å². The number of nitrogens with one attached hydrogen (secondary N) is 1. The molecule has 0 atom stereocenters. The number of rotatable bonds is 7. The van der Waals surface area contributed by atoms with Crippen molar-refractivity contribution in [1.29, 1.82) is 0 Å². The van der Waals surface area contributed by atoms with Gasteiger partial charge in [0.1, 0.15) is 0 Å². The maximum atomic E-state index is 12.6. The molecule has 1 aromatic carbocycles. The molecule has 0 unspecified atom stereocenters. The molecule has 1 aromatic rings. The van der Waals surface area contributed by atoms with Crippen LogP contribution in [0.1, 0.15) is 19.4 Å². The fourth-order valence-corrected chi connectivity index (χ4v) is 2.28. The Balaban J connectivity index is 2.77. The molecule has 0 radical (unpaired) electrons. The van der Waals surface area contributed by atoms with Crippen molar-refractivity contribution in [3.63, 3.8) is 0 Å². The van der Waals surface area contributed by atoms with Crippen LogP contribution < -0.4 is 5.32 Å². The van der Waals surface area contributed by atoms with E-state index in [-0.39, 0.29) is 5.41 Å². The number of hydrogen-bond donors (Lipinski definition) is 1. The van der Waals surface area contributed by atoms with E-state index in [0.717, 1.165) is 5.56 Å². The molecule has 0 heterocycles. The van der Waals surface area contributed by atoms with Crippen molar-refractivity contribution in [2.24, 2.45) is 0 Å². The third-order valence-electron chi connectivity index (χ3n) is 3.26. The van der Waals surface area contributed by atoms with E-state index in [9.17, 15) is 13.2 Å². The first kappa shape index (κ1) is 17.0. The fraction of sp³-hybridized carbons (Fsp3) is 0.600. The van der Waals surface area contributed by atoms with E-state index in [1.807, 2.05) is 44.2 Å². The maximum absolute atomic E-state index is 12.6. The lowest BCUT2D eigenvalue weighted by Gasteiger charge is -2.33. The number of hydrogen-bond acceptors (Lipinski definition) is 2. The van der Waals surface area contributed by atoms with Gasteiger partial charge in [-0.2, -0.15) is 13.2 Å². The van der Waals surface area contributed by atoms with E-state index in [4.69, 9.17) is 0 Å². The first-order valence-electron chi connectivity index (χ1n) is 6.74. The minimum atomic E-state index is -4.17. The van der Waals surface area contributed by atoms with Gasteiger partial charge in [-0.05, 0) is 12.6 Å². The summed E-state index contributed by atoms with van der Waals surface area (Å²) in [6.07, 6.45) is -4.17. The molecule has 1 rings (SSSR count). The zero-order chi connectivity index (χ0) is 15.2. The van der Waals surface area contributed by atoms with Crippen LogP contribution in [0.5, 0.6) is 0 Å². The number of alkyl halides is 3. The van der Waals surface area contributed by atoms with Gasteiger partial charge in [0.05, 0.1) is 6.54 Å². The second-order valence-corrected chi connectivity index (χ2v) is 5.68. The van der Waals surface area contributed by atoms with Crippen LogP contribution in [0.3, 0.4) is 0 Å². The molecule has 5 heteroatoms. The van der Waals surface area contributed by atoms with Crippen molar-refractivity contribution in [2.45, 2.75) is 25.4 Å². The van der Waals surface area contributed by atoms with E-state index in [0.29, 0.717) is 19.6 Å². The summed E-state index contributed by atoms with van der Waals surface area (Å²) in [6.45, 7) is 4.38. The molecule has 1 N–H and O–H groups in total. The van der Waals surface area contributed by atoms with Crippen molar-refractivity contribution in [3.8, 4) is 0 Å². The summed E-state index contributed by atoms with van der Waals surface area (Å²) >= 11 is 0. The highest BCUT2D eigenvalue weighted by molar-refractivity contribution is 5.23. The number of nitrogens with zero attached hydrogens (tertiary/aromatic N) is 1. The highest BCUT2D eigenvalue weighted by Gasteiger charge is 2.33. The SMILES string of the molecule is CNCCN(CC(F)(F)F)CC(C)(C)c1ccccc1. The lowest BCUT2D eigenvalue weighted by molar-refractivity contribution is -0.147. The van der Waals surface area contributed by atoms with Gasteiger partial charge in [-0.15, -0.1) is 0 Å². The van der Waals surface area contributed by atoms with Gasteiger partial charge in [-0.1, -0.05) is 44.2 Å². The van der Waals surface area contributed by atoms with Gasteiger partial charge >= 0.3 is 6.18 Å². The standard InChI is InChI=1S/C15H23F3N2/c1-14(2,13-7-5-4-6-8-13)11-20(10-9-19-3)12-15(16,17)18/h4-8,19H,9-12H2,1-3H3. The van der Waals surface area contributed by atoms with E-state index in [1.54, 1.807) is 7.05 Å². The maximum Gasteiger partial charge on any atom is 0.401 e. The number of benzene rings is 1. The fourth-order valence-electron chi connectivity index (χ4n) is 2.28. The smallest absolute Gasteiger partial charge is 0.318 e. The van der Waals surface area contributed by atoms with Gasteiger partial charge < -0.3 is 5.32 Å². The summed E-state index contributed by atoms with van der Waals surface area (Å²) in [6, 6.07) is 9.67. The Kier molecular flexibility index (Phi) is 6.02. The van der Waals surface area contributed by atoms with E-state index < -0.39 is 12.7 Å². The summed E-state index contributed by atoms with van der Waals surface area (Å²) < 4.78 is 37.9. The van der Waals surface area contributed by atoms with Crippen LogP contribution >= 0.6 is 0 Å². The van der Waals surface area contributed by atoms with Gasteiger partial charge in [0.15, 0.2) is 0 Å². The lowest BCUT2D eigenvalue weighted by Crippen LogP contribution is -2.44. The summed E-state index contributed by atoms with van der Waals surface area (Å²) in [5.41, 5.74) is 0.733. The molecule has 0 fully saturated rings. The molecule has 0 spiro atoms. The second kappa shape index (κ2) is 7.09. The molecule has 0 bridgehead atoms. The normalized spacial score (nSPS) is 12.9. The third kappa shape index (κ3) is 5.92. The molecule has 20 heavy (non-hydrogen) atoms. The summed E-state index contributed by atoms with van der Waals surface area (Å²) in [4.78, 5) is 1.46. The molecule has 0 aliphatic carbocycles. The highest BCUT2D eigenvalue weighted by atomic mass is 19.4. The first-order valence-corrected chi connectivity index (χ1v) is 6.74. The van der Waals surface area contributed by atoms with Crippen LogP contribution in [-0.4, -0.2) is 44.3 Å². The predicted molar refractivity (Wildman–Crippen MR) is 75.9 cm³/mol. The molecule has 114 valence electrons. The van der Waals surface area contributed by atoms with E-state index in [1.165, 1.54) is 4.90 Å².